The van der Waals surface area contributed by atoms with E-state index in [1.165, 1.54) is 6.07 Å². The van der Waals surface area contributed by atoms with Gasteiger partial charge in [-0.25, -0.2) is 13.5 Å². The molecule has 0 spiro atoms. The van der Waals surface area contributed by atoms with Crippen molar-refractivity contribution in [3.63, 3.8) is 0 Å². The van der Waals surface area contributed by atoms with E-state index < -0.39 is 17.7 Å². The summed E-state index contributed by atoms with van der Waals surface area (Å²) in [6.45, 7) is 7.72. The van der Waals surface area contributed by atoms with Crippen molar-refractivity contribution in [2.75, 3.05) is 40.0 Å². The lowest BCUT2D eigenvalue weighted by Crippen LogP contribution is -2.36. The fourth-order valence-corrected chi connectivity index (χ4v) is 3.75. The number of aryl methyl sites for hydroxylation is 1. The molecule has 9 heteroatoms. The monoisotopic (exact) mass is 501 g/mol. The van der Waals surface area contributed by atoms with Gasteiger partial charge in [0.2, 0.25) is 5.88 Å². The van der Waals surface area contributed by atoms with Crippen LogP contribution in [0.15, 0.2) is 61.2 Å². The average molecular weight is 502 g/mol. The number of aliphatic hydroxyl groups is 1. The molecule has 1 aromatic heterocycles. The number of benzene rings is 2. The van der Waals surface area contributed by atoms with E-state index in [2.05, 4.69) is 6.58 Å². The van der Waals surface area contributed by atoms with Crippen molar-refractivity contribution >= 4 is 0 Å². The van der Waals surface area contributed by atoms with Gasteiger partial charge in [-0.3, -0.25) is 4.90 Å². The summed E-state index contributed by atoms with van der Waals surface area (Å²) >= 11 is 0. The molecular weight excluding hydrogens is 468 g/mol. The van der Waals surface area contributed by atoms with Gasteiger partial charge in [-0.05, 0) is 30.7 Å². The Hall–Kier alpha value is -3.11. The van der Waals surface area contributed by atoms with Crippen LogP contribution >= 0.6 is 0 Å². The summed E-state index contributed by atoms with van der Waals surface area (Å²) in [5.74, 6) is -1.29. The molecule has 0 radical (unpaired) electrons. The van der Waals surface area contributed by atoms with Crippen LogP contribution in [0.25, 0.3) is 5.69 Å². The van der Waals surface area contributed by atoms with E-state index in [0.717, 1.165) is 29.1 Å². The third-order valence-electron chi connectivity index (χ3n) is 5.46. The molecule has 0 aliphatic heterocycles. The van der Waals surface area contributed by atoms with Crippen LogP contribution in [0.1, 0.15) is 18.2 Å². The lowest BCUT2D eigenvalue weighted by molar-refractivity contribution is 0.0192. The van der Waals surface area contributed by atoms with E-state index in [9.17, 15) is 13.9 Å². The summed E-state index contributed by atoms with van der Waals surface area (Å²) in [6, 6.07) is 12.5. The molecule has 1 atom stereocenters. The van der Waals surface area contributed by atoms with E-state index in [1.54, 1.807) is 17.9 Å². The van der Waals surface area contributed by atoms with Crippen molar-refractivity contribution in [1.82, 2.24) is 14.7 Å². The van der Waals surface area contributed by atoms with Gasteiger partial charge in [-0.15, -0.1) is 6.58 Å². The fraction of sp³-hybridized carbons (Fsp3) is 0.370. The Kier molecular flexibility index (Phi) is 10.6. The van der Waals surface area contributed by atoms with E-state index >= 15 is 0 Å². The smallest absolute Gasteiger partial charge is 0.227 e. The summed E-state index contributed by atoms with van der Waals surface area (Å²) in [4.78, 5) is 2.00. The van der Waals surface area contributed by atoms with Gasteiger partial charge < -0.3 is 19.3 Å². The number of ether oxygens (including phenoxy) is 3. The van der Waals surface area contributed by atoms with Crippen molar-refractivity contribution in [3.8, 4) is 17.3 Å². The molecule has 2 aromatic carbocycles. The van der Waals surface area contributed by atoms with Gasteiger partial charge in [0, 0.05) is 32.8 Å². The molecule has 36 heavy (non-hydrogen) atoms. The van der Waals surface area contributed by atoms with Crippen LogP contribution in [0.2, 0.25) is 0 Å². The third kappa shape index (κ3) is 7.44. The Balaban J connectivity index is 1.99. The first-order chi connectivity index (χ1) is 17.5. The number of nitrogens with zero attached hydrogens (tertiary/aromatic N) is 3. The van der Waals surface area contributed by atoms with Crippen LogP contribution in [0, 0.1) is 11.6 Å². The molecule has 7 nitrogen and oxygen atoms in total. The largest absolute Gasteiger partial charge is 0.435 e. The standard InChI is InChI=1S/C27H33F2N3O4/c1-4-14-35-19-22(33)17-31(13-15-34-3)18-23-25(5-2)30-32(21-9-7-6-8-10-21)27(23)36-26-12-11-20(28)16-24(26)29/h4,6-12,16,22,33H,1,5,13-15,17-19H2,2-3H3/t22-/m0/s1. The van der Waals surface area contributed by atoms with Gasteiger partial charge in [0.25, 0.3) is 0 Å². The van der Waals surface area contributed by atoms with Gasteiger partial charge >= 0.3 is 0 Å². The first-order valence-electron chi connectivity index (χ1n) is 11.8. The van der Waals surface area contributed by atoms with Gasteiger partial charge in [0.05, 0.1) is 42.9 Å². The number of halogens is 2. The number of rotatable bonds is 15. The molecule has 0 fully saturated rings. The minimum atomic E-state index is -0.814. The Morgan fingerprint density at radius 1 is 1.19 bits per heavy atom. The highest BCUT2D eigenvalue weighted by Gasteiger charge is 2.24. The second-order valence-corrected chi connectivity index (χ2v) is 8.22. The Morgan fingerprint density at radius 3 is 2.64 bits per heavy atom. The maximum atomic E-state index is 14.6. The highest BCUT2D eigenvalue weighted by atomic mass is 19.1. The predicted octanol–water partition coefficient (Wildman–Crippen LogP) is 4.52. The van der Waals surface area contributed by atoms with Crippen LogP contribution in [-0.2, 0) is 22.4 Å². The quantitative estimate of drug-likeness (QED) is 0.244. The molecule has 0 saturated carbocycles. The number of aromatic nitrogens is 2. The normalized spacial score (nSPS) is 12.2. The zero-order valence-electron chi connectivity index (χ0n) is 20.7. The molecule has 0 aliphatic rings. The second kappa shape index (κ2) is 13.8. The number of hydrogen-bond donors (Lipinski definition) is 1. The molecule has 3 rings (SSSR count). The maximum Gasteiger partial charge on any atom is 0.227 e. The van der Waals surface area contributed by atoms with E-state index in [4.69, 9.17) is 19.3 Å². The molecule has 0 bridgehead atoms. The number of hydrogen-bond acceptors (Lipinski definition) is 6. The predicted molar refractivity (Wildman–Crippen MR) is 134 cm³/mol. The van der Waals surface area contributed by atoms with Gasteiger partial charge in [-0.1, -0.05) is 31.2 Å². The average Bonchev–Trinajstić information content (AvgIpc) is 3.21. The summed E-state index contributed by atoms with van der Waals surface area (Å²) in [6.07, 6.45) is 1.48. The molecular formula is C27H33F2N3O4. The molecule has 0 saturated heterocycles. The summed E-state index contributed by atoms with van der Waals surface area (Å²) in [5, 5.41) is 15.3. The SMILES string of the molecule is C=CCOC[C@@H](O)CN(CCOC)Cc1c(CC)nn(-c2ccccc2)c1Oc1ccc(F)cc1F. The van der Waals surface area contributed by atoms with Crippen LogP contribution < -0.4 is 4.74 Å². The lowest BCUT2D eigenvalue weighted by Gasteiger charge is -2.25. The van der Waals surface area contributed by atoms with E-state index in [0.29, 0.717) is 45.1 Å². The van der Waals surface area contributed by atoms with Crippen molar-refractivity contribution in [1.29, 1.82) is 0 Å². The molecule has 0 aliphatic carbocycles. The zero-order chi connectivity index (χ0) is 25.9. The molecule has 3 aromatic rings. The number of methoxy groups -OCH3 is 1. The summed E-state index contributed by atoms with van der Waals surface area (Å²) in [5.41, 5.74) is 2.23. The topological polar surface area (TPSA) is 69.0 Å². The minimum absolute atomic E-state index is 0.112. The fourth-order valence-electron chi connectivity index (χ4n) is 3.75. The number of para-hydroxylation sites is 1. The van der Waals surface area contributed by atoms with Crippen molar-refractivity contribution in [2.24, 2.45) is 0 Å². The second-order valence-electron chi connectivity index (χ2n) is 8.22. The highest BCUT2D eigenvalue weighted by molar-refractivity contribution is 5.44. The van der Waals surface area contributed by atoms with Crippen molar-refractivity contribution < 1.29 is 28.1 Å². The van der Waals surface area contributed by atoms with Gasteiger partial charge in [-0.2, -0.15) is 5.10 Å². The molecule has 194 valence electrons. The van der Waals surface area contributed by atoms with Crippen molar-refractivity contribution in [2.45, 2.75) is 26.0 Å². The molecule has 1 heterocycles. The Labute approximate surface area is 210 Å². The van der Waals surface area contributed by atoms with Crippen LogP contribution in [0.5, 0.6) is 11.6 Å². The zero-order valence-corrected chi connectivity index (χ0v) is 20.7. The number of aliphatic hydroxyl groups excluding tert-OH is 1. The minimum Gasteiger partial charge on any atom is -0.435 e. The van der Waals surface area contributed by atoms with Crippen molar-refractivity contribution in [3.05, 3.63) is 84.1 Å². The first-order valence-corrected chi connectivity index (χ1v) is 11.8. The molecule has 0 amide bonds. The Bertz CT molecular complexity index is 1110. The van der Waals surface area contributed by atoms with E-state index in [1.807, 2.05) is 42.2 Å². The van der Waals surface area contributed by atoms with Gasteiger partial charge in [0.15, 0.2) is 11.6 Å². The highest BCUT2D eigenvalue weighted by Crippen LogP contribution is 2.33. The third-order valence-corrected chi connectivity index (χ3v) is 5.46. The van der Waals surface area contributed by atoms with E-state index in [-0.39, 0.29) is 12.4 Å². The molecule has 0 unspecified atom stereocenters. The van der Waals surface area contributed by atoms with Crippen LogP contribution in [0.4, 0.5) is 8.78 Å². The summed E-state index contributed by atoms with van der Waals surface area (Å²) in [7, 11) is 1.61. The summed E-state index contributed by atoms with van der Waals surface area (Å²) < 4.78 is 46.4. The van der Waals surface area contributed by atoms with Crippen LogP contribution in [0.3, 0.4) is 0 Å². The van der Waals surface area contributed by atoms with Crippen LogP contribution in [-0.4, -0.2) is 65.9 Å². The Morgan fingerprint density at radius 2 is 1.97 bits per heavy atom. The van der Waals surface area contributed by atoms with Gasteiger partial charge in [0.1, 0.15) is 5.82 Å². The first kappa shape index (κ1) is 27.5. The molecule has 1 N–H and O–H groups in total. The lowest BCUT2D eigenvalue weighted by atomic mass is 10.1. The maximum absolute atomic E-state index is 14.6.